The molecule has 1 fully saturated rings. The van der Waals surface area contributed by atoms with Gasteiger partial charge in [-0.15, -0.1) is 0 Å². The number of nitrogens with one attached hydrogen (secondary N) is 2. The Kier molecular flexibility index (Phi) is 6.74. The summed E-state index contributed by atoms with van der Waals surface area (Å²) in [6, 6.07) is 16.8. The zero-order valence-electron chi connectivity index (χ0n) is 19.1. The van der Waals surface area contributed by atoms with Gasteiger partial charge in [0.25, 0.3) is 0 Å². The third-order valence-electron chi connectivity index (χ3n) is 5.01. The standard InChI is InChI=1S/C25H29N5O3/c1-25(2,3)33-24(31)30(19-13-16-26-17-19)21-7-6-15-28-23(21)32-20-11-9-18(10-12-20)29-22-8-4-5-14-27-22/h4-12,14-15,19,26H,13,16-17H2,1-3H3,(H,27,29). The highest BCUT2D eigenvalue weighted by atomic mass is 16.6. The normalized spacial score (nSPS) is 15.7. The van der Waals surface area contributed by atoms with Gasteiger partial charge in [-0.1, -0.05) is 6.07 Å². The molecule has 1 aliphatic rings. The molecule has 0 radical (unpaired) electrons. The lowest BCUT2D eigenvalue weighted by molar-refractivity contribution is 0.0566. The molecule has 3 aromatic rings. The zero-order chi connectivity index (χ0) is 23.3. The molecule has 1 saturated heterocycles. The maximum absolute atomic E-state index is 13.1. The number of ether oxygens (including phenoxy) is 2. The van der Waals surface area contributed by atoms with Crippen molar-refractivity contribution in [3.05, 3.63) is 67.0 Å². The van der Waals surface area contributed by atoms with E-state index in [-0.39, 0.29) is 6.04 Å². The Balaban J connectivity index is 1.56. The van der Waals surface area contributed by atoms with E-state index in [1.807, 2.05) is 69.3 Å². The van der Waals surface area contributed by atoms with Crippen LogP contribution in [0.15, 0.2) is 67.0 Å². The summed E-state index contributed by atoms with van der Waals surface area (Å²) in [4.78, 5) is 23.5. The summed E-state index contributed by atoms with van der Waals surface area (Å²) in [5, 5.41) is 6.55. The van der Waals surface area contributed by atoms with Crippen molar-refractivity contribution in [2.75, 3.05) is 23.3 Å². The minimum Gasteiger partial charge on any atom is -0.443 e. The monoisotopic (exact) mass is 447 g/mol. The van der Waals surface area contributed by atoms with E-state index in [0.29, 0.717) is 23.9 Å². The molecule has 1 aliphatic heterocycles. The molecule has 3 heterocycles. The molecule has 1 atom stereocenters. The maximum Gasteiger partial charge on any atom is 0.415 e. The highest BCUT2D eigenvalue weighted by molar-refractivity contribution is 5.90. The van der Waals surface area contributed by atoms with Crippen molar-refractivity contribution in [1.82, 2.24) is 15.3 Å². The first kappa shape index (κ1) is 22.5. The number of carbonyl (C=O) groups excluding carboxylic acids is 1. The van der Waals surface area contributed by atoms with Crippen LogP contribution in [0.2, 0.25) is 0 Å². The lowest BCUT2D eigenvalue weighted by Crippen LogP contribution is -2.44. The largest absolute Gasteiger partial charge is 0.443 e. The Morgan fingerprint density at radius 1 is 1.06 bits per heavy atom. The second kappa shape index (κ2) is 9.87. The third kappa shape index (κ3) is 5.98. The molecule has 8 heteroatoms. The van der Waals surface area contributed by atoms with E-state index < -0.39 is 11.7 Å². The van der Waals surface area contributed by atoms with E-state index in [4.69, 9.17) is 9.47 Å². The summed E-state index contributed by atoms with van der Waals surface area (Å²) in [7, 11) is 0. The molecule has 0 aliphatic carbocycles. The van der Waals surface area contributed by atoms with Gasteiger partial charge in [-0.25, -0.2) is 14.8 Å². The number of anilines is 3. The molecule has 172 valence electrons. The fourth-order valence-electron chi connectivity index (χ4n) is 3.56. The highest BCUT2D eigenvalue weighted by Gasteiger charge is 2.33. The lowest BCUT2D eigenvalue weighted by Gasteiger charge is -2.31. The molecular weight excluding hydrogens is 418 g/mol. The fourth-order valence-corrected chi connectivity index (χ4v) is 3.56. The molecule has 1 amide bonds. The molecule has 33 heavy (non-hydrogen) atoms. The van der Waals surface area contributed by atoms with E-state index in [2.05, 4.69) is 20.6 Å². The van der Waals surface area contributed by atoms with E-state index in [9.17, 15) is 4.79 Å². The number of nitrogens with zero attached hydrogens (tertiary/aromatic N) is 3. The fraction of sp³-hybridized carbons (Fsp3) is 0.320. The van der Waals surface area contributed by atoms with Gasteiger partial charge in [-0.05, 0) is 82.3 Å². The summed E-state index contributed by atoms with van der Waals surface area (Å²) in [5.74, 6) is 1.72. The smallest absolute Gasteiger partial charge is 0.415 e. The topological polar surface area (TPSA) is 88.6 Å². The Hall–Kier alpha value is -3.65. The molecule has 0 saturated carbocycles. The van der Waals surface area contributed by atoms with Crippen LogP contribution in [0, 0.1) is 0 Å². The Morgan fingerprint density at radius 3 is 2.52 bits per heavy atom. The number of rotatable bonds is 6. The highest BCUT2D eigenvalue weighted by Crippen LogP contribution is 2.34. The SMILES string of the molecule is CC(C)(C)OC(=O)N(c1cccnc1Oc1ccc(Nc2ccccn2)cc1)C1CCNC1. The van der Waals surface area contributed by atoms with Crippen molar-refractivity contribution in [3.63, 3.8) is 0 Å². The predicted molar refractivity (Wildman–Crippen MR) is 128 cm³/mol. The molecule has 2 aromatic heterocycles. The number of benzene rings is 1. The number of aromatic nitrogens is 2. The molecule has 0 bridgehead atoms. The summed E-state index contributed by atoms with van der Waals surface area (Å²) >= 11 is 0. The first-order valence-electron chi connectivity index (χ1n) is 11.0. The maximum atomic E-state index is 13.1. The minimum absolute atomic E-state index is 0.0450. The van der Waals surface area contributed by atoms with Crippen LogP contribution in [0.4, 0.5) is 22.0 Å². The Bertz CT molecular complexity index is 1060. The molecule has 1 aromatic carbocycles. The van der Waals surface area contributed by atoms with Gasteiger partial charge in [-0.3, -0.25) is 4.90 Å². The summed E-state index contributed by atoms with van der Waals surface area (Å²) in [6.45, 7) is 7.10. The minimum atomic E-state index is -0.610. The summed E-state index contributed by atoms with van der Waals surface area (Å²) < 4.78 is 11.8. The van der Waals surface area contributed by atoms with Crippen LogP contribution in [0.1, 0.15) is 27.2 Å². The van der Waals surface area contributed by atoms with Gasteiger partial charge in [0, 0.05) is 24.6 Å². The van der Waals surface area contributed by atoms with Gasteiger partial charge in [0.2, 0.25) is 5.88 Å². The molecule has 2 N–H and O–H groups in total. The van der Waals surface area contributed by atoms with Gasteiger partial charge in [-0.2, -0.15) is 0 Å². The van der Waals surface area contributed by atoms with Crippen molar-refractivity contribution in [1.29, 1.82) is 0 Å². The molecular formula is C25H29N5O3. The number of pyridine rings is 2. The molecule has 0 spiro atoms. The van der Waals surface area contributed by atoms with Crippen LogP contribution in [0.25, 0.3) is 0 Å². The van der Waals surface area contributed by atoms with Crippen LogP contribution < -0.4 is 20.3 Å². The van der Waals surface area contributed by atoms with Crippen molar-refractivity contribution >= 4 is 23.3 Å². The van der Waals surface area contributed by atoms with E-state index in [1.165, 1.54) is 0 Å². The van der Waals surface area contributed by atoms with Crippen LogP contribution in [0.3, 0.4) is 0 Å². The van der Waals surface area contributed by atoms with E-state index in [1.54, 1.807) is 23.4 Å². The van der Waals surface area contributed by atoms with Crippen molar-refractivity contribution in [2.24, 2.45) is 0 Å². The predicted octanol–water partition coefficient (Wildman–Crippen LogP) is 5.12. The van der Waals surface area contributed by atoms with E-state index >= 15 is 0 Å². The first-order valence-corrected chi connectivity index (χ1v) is 11.0. The van der Waals surface area contributed by atoms with Gasteiger partial charge >= 0.3 is 6.09 Å². The average molecular weight is 448 g/mol. The van der Waals surface area contributed by atoms with Gasteiger partial charge in [0.05, 0.1) is 6.04 Å². The van der Waals surface area contributed by atoms with Crippen LogP contribution in [-0.2, 0) is 4.74 Å². The van der Waals surface area contributed by atoms with Gasteiger partial charge in [0.15, 0.2) is 0 Å². The number of hydrogen-bond acceptors (Lipinski definition) is 7. The molecule has 1 unspecified atom stereocenters. The van der Waals surface area contributed by atoms with Crippen molar-refractivity contribution in [2.45, 2.75) is 38.8 Å². The Morgan fingerprint density at radius 2 is 1.85 bits per heavy atom. The number of hydrogen-bond donors (Lipinski definition) is 2. The first-order chi connectivity index (χ1) is 15.9. The summed E-state index contributed by atoms with van der Waals surface area (Å²) in [5.41, 5.74) is 0.854. The van der Waals surface area contributed by atoms with E-state index in [0.717, 1.165) is 24.5 Å². The lowest BCUT2D eigenvalue weighted by atomic mass is 10.2. The second-order valence-electron chi connectivity index (χ2n) is 8.79. The van der Waals surface area contributed by atoms with Gasteiger partial charge in [0.1, 0.15) is 22.9 Å². The number of carbonyl (C=O) groups is 1. The van der Waals surface area contributed by atoms with Crippen molar-refractivity contribution < 1.29 is 14.3 Å². The second-order valence-corrected chi connectivity index (χ2v) is 8.79. The van der Waals surface area contributed by atoms with Crippen LogP contribution in [0.5, 0.6) is 11.6 Å². The quantitative estimate of drug-likeness (QED) is 0.542. The van der Waals surface area contributed by atoms with Crippen LogP contribution >= 0.6 is 0 Å². The van der Waals surface area contributed by atoms with Gasteiger partial charge < -0.3 is 20.1 Å². The average Bonchev–Trinajstić information content (AvgIpc) is 3.30. The molecule has 4 rings (SSSR count). The number of amides is 1. The molecule has 8 nitrogen and oxygen atoms in total. The third-order valence-corrected chi connectivity index (χ3v) is 5.01. The van der Waals surface area contributed by atoms with Crippen molar-refractivity contribution in [3.8, 4) is 11.6 Å². The summed E-state index contributed by atoms with van der Waals surface area (Å²) in [6.07, 6.45) is 3.79. The van der Waals surface area contributed by atoms with Crippen LogP contribution in [-0.4, -0.2) is 40.8 Å². The Labute approximate surface area is 194 Å². The zero-order valence-corrected chi connectivity index (χ0v) is 19.1.